The molecule has 0 aliphatic rings. The number of aromatic nitrogens is 2. The van der Waals surface area contributed by atoms with Gasteiger partial charge in [0.05, 0.1) is 17.8 Å². The van der Waals surface area contributed by atoms with Crippen LogP contribution < -0.4 is 10.6 Å². The van der Waals surface area contributed by atoms with Gasteiger partial charge in [-0.15, -0.1) is 0 Å². The number of hydrogen-bond acceptors (Lipinski definition) is 4. The van der Waals surface area contributed by atoms with Crippen molar-refractivity contribution in [3.8, 4) is 5.69 Å². The highest BCUT2D eigenvalue weighted by atomic mass is 35.5. The number of halogens is 1. The van der Waals surface area contributed by atoms with Crippen LogP contribution in [0.5, 0.6) is 0 Å². The Morgan fingerprint density at radius 2 is 1.61 bits per heavy atom. The summed E-state index contributed by atoms with van der Waals surface area (Å²) in [6.45, 7) is 5.76. The van der Waals surface area contributed by atoms with E-state index in [-0.39, 0.29) is 24.8 Å². The molecule has 1 aromatic heterocycles. The van der Waals surface area contributed by atoms with E-state index < -0.39 is 0 Å². The molecule has 3 rings (SSSR count). The average Bonchev–Trinajstić information content (AvgIpc) is 3.00. The van der Waals surface area contributed by atoms with Crippen LogP contribution in [0.2, 0.25) is 5.02 Å². The molecule has 1 heterocycles. The molecule has 0 saturated heterocycles. The molecule has 0 aliphatic carbocycles. The Morgan fingerprint density at radius 3 is 2.19 bits per heavy atom. The molecular weight excluding hydrogens is 416 g/mol. The van der Waals surface area contributed by atoms with E-state index in [0.717, 1.165) is 28.2 Å². The summed E-state index contributed by atoms with van der Waals surface area (Å²) < 4.78 is 6.59. The minimum atomic E-state index is -0.239. The van der Waals surface area contributed by atoms with Crippen LogP contribution in [0.1, 0.15) is 22.5 Å². The summed E-state index contributed by atoms with van der Waals surface area (Å²) >= 11 is 6.26. The number of carbonyl (C=O) groups excluding carboxylic acids is 2. The van der Waals surface area contributed by atoms with E-state index in [2.05, 4.69) is 15.7 Å². The van der Waals surface area contributed by atoms with Crippen molar-refractivity contribution >= 4 is 34.8 Å². The minimum Gasteiger partial charge on any atom is -0.375 e. The van der Waals surface area contributed by atoms with Gasteiger partial charge in [-0.2, -0.15) is 5.10 Å². The number of rotatable bonds is 7. The highest BCUT2D eigenvalue weighted by Crippen LogP contribution is 2.23. The van der Waals surface area contributed by atoms with Crippen molar-refractivity contribution in [2.45, 2.75) is 27.2 Å². The summed E-state index contributed by atoms with van der Waals surface area (Å²) in [5.74, 6) is -0.388. The first kappa shape index (κ1) is 22.5. The average molecular weight is 441 g/mol. The summed E-state index contributed by atoms with van der Waals surface area (Å²) in [5, 5.41) is 10.9. The zero-order valence-corrected chi connectivity index (χ0v) is 18.7. The lowest BCUT2D eigenvalue weighted by Crippen LogP contribution is -2.17. The molecule has 0 spiro atoms. The number of ether oxygens (including phenoxy) is 1. The molecule has 0 atom stereocenters. The van der Waals surface area contributed by atoms with Crippen LogP contribution in [-0.4, -0.2) is 35.3 Å². The van der Waals surface area contributed by atoms with Gasteiger partial charge in [0.15, 0.2) is 0 Å². The molecule has 0 aliphatic heterocycles. The second-order valence-corrected chi connectivity index (χ2v) is 7.69. The van der Waals surface area contributed by atoms with E-state index in [1.807, 2.05) is 39.0 Å². The van der Waals surface area contributed by atoms with Crippen LogP contribution >= 0.6 is 11.6 Å². The molecule has 7 nitrogen and oxygen atoms in total. The normalized spacial score (nSPS) is 10.7. The standard InChI is InChI=1S/C23H25ClN4O3/c1-14-5-10-19(11-21(14)24)28-16(3)20(15(2)27-28)12-22(29)25-17-6-8-18(9-7-17)26-23(30)13-31-4/h5-11H,12-13H2,1-4H3,(H,25,29)(H,26,30). The lowest BCUT2D eigenvalue weighted by Gasteiger charge is -2.09. The molecule has 2 N–H and O–H groups in total. The summed E-state index contributed by atoms with van der Waals surface area (Å²) in [4.78, 5) is 24.2. The van der Waals surface area contributed by atoms with Crippen molar-refractivity contribution in [2.24, 2.45) is 0 Å². The highest BCUT2D eigenvalue weighted by Gasteiger charge is 2.16. The first-order chi connectivity index (χ1) is 14.8. The molecule has 162 valence electrons. The molecule has 0 saturated carbocycles. The first-order valence-corrected chi connectivity index (χ1v) is 10.2. The van der Waals surface area contributed by atoms with E-state index in [1.54, 1.807) is 28.9 Å². The Morgan fingerprint density at radius 1 is 1.00 bits per heavy atom. The highest BCUT2D eigenvalue weighted by molar-refractivity contribution is 6.31. The van der Waals surface area contributed by atoms with Gasteiger partial charge in [0.25, 0.3) is 0 Å². The molecule has 0 fully saturated rings. The lowest BCUT2D eigenvalue weighted by molar-refractivity contribution is -0.119. The van der Waals surface area contributed by atoms with Crippen molar-refractivity contribution in [2.75, 3.05) is 24.4 Å². The number of nitrogens with one attached hydrogen (secondary N) is 2. The fraction of sp³-hybridized carbons (Fsp3) is 0.261. The molecule has 0 unspecified atom stereocenters. The Hall–Kier alpha value is -3.16. The fourth-order valence-electron chi connectivity index (χ4n) is 3.23. The maximum Gasteiger partial charge on any atom is 0.250 e. The Balaban J connectivity index is 1.69. The van der Waals surface area contributed by atoms with Crippen molar-refractivity contribution in [1.29, 1.82) is 0 Å². The quantitative estimate of drug-likeness (QED) is 0.576. The maximum atomic E-state index is 12.6. The summed E-state index contributed by atoms with van der Waals surface area (Å²) in [6.07, 6.45) is 0.198. The summed E-state index contributed by atoms with van der Waals surface area (Å²) in [6, 6.07) is 12.7. The summed E-state index contributed by atoms with van der Waals surface area (Å²) in [5.41, 5.74) is 5.68. The van der Waals surface area contributed by atoms with Gasteiger partial charge in [0.2, 0.25) is 11.8 Å². The van der Waals surface area contributed by atoms with E-state index >= 15 is 0 Å². The van der Waals surface area contributed by atoms with E-state index in [1.165, 1.54) is 7.11 Å². The Bertz CT molecular complexity index is 1110. The van der Waals surface area contributed by atoms with Crippen molar-refractivity contribution < 1.29 is 14.3 Å². The van der Waals surface area contributed by atoms with Gasteiger partial charge in [0, 0.05) is 34.8 Å². The number of aryl methyl sites for hydroxylation is 2. The van der Waals surface area contributed by atoms with Gasteiger partial charge in [0.1, 0.15) is 6.61 Å². The van der Waals surface area contributed by atoms with Crippen molar-refractivity contribution in [3.05, 3.63) is 70.0 Å². The van der Waals surface area contributed by atoms with Gasteiger partial charge in [-0.3, -0.25) is 9.59 Å². The largest absolute Gasteiger partial charge is 0.375 e. The second kappa shape index (κ2) is 9.76. The predicted octanol–water partition coefficient (Wildman–Crippen LogP) is 4.22. The van der Waals surface area contributed by atoms with Crippen LogP contribution in [0.15, 0.2) is 42.5 Å². The second-order valence-electron chi connectivity index (χ2n) is 7.28. The van der Waals surface area contributed by atoms with Crippen molar-refractivity contribution in [1.82, 2.24) is 9.78 Å². The number of amides is 2. The summed E-state index contributed by atoms with van der Waals surface area (Å²) in [7, 11) is 1.46. The zero-order chi connectivity index (χ0) is 22.5. The number of hydrogen-bond donors (Lipinski definition) is 2. The predicted molar refractivity (Wildman–Crippen MR) is 122 cm³/mol. The molecule has 2 aromatic carbocycles. The third-order valence-electron chi connectivity index (χ3n) is 4.91. The topological polar surface area (TPSA) is 85.2 Å². The first-order valence-electron chi connectivity index (χ1n) is 9.79. The monoisotopic (exact) mass is 440 g/mol. The van der Waals surface area contributed by atoms with Gasteiger partial charge in [-0.25, -0.2) is 4.68 Å². The smallest absolute Gasteiger partial charge is 0.250 e. The minimum absolute atomic E-state index is 0.0142. The third-order valence-corrected chi connectivity index (χ3v) is 5.31. The van der Waals surface area contributed by atoms with Crippen LogP contribution in [0.4, 0.5) is 11.4 Å². The van der Waals surface area contributed by atoms with Crippen LogP contribution in [0.25, 0.3) is 5.69 Å². The van der Waals surface area contributed by atoms with E-state index in [9.17, 15) is 9.59 Å². The van der Waals surface area contributed by atoms with Gasteiger partial charge in [-0.05, 0) is 62.7 Å². The molecule has 31 heavy (non-hydrogen) atoms. The lowest BCUT2D eigenvalue weighted by atomic mass is 10.1. The van der Waals surface area contributed by atoms with Crippen LogP contribution in [0, 0.1) is 20.8 Å². The number of anilines is 2. The number of benzene rings is 2. The van der Waals surface area contributed by atoms with E-state index in [0.29, 0.717) is 16.4 Å². The third kappa shape index (κ3) is 5.51. The molecule has 2 amide bonds. The number of nitrogens with zero attached hydrogens (tertiary/aromatic N) is 2. The molecule has 0 radical (unpaired) electrons. The molecular formula is C23H25ClN4O3. The van der Waals surface area contributed by atoms with Gasteiger partial charge in [-0.1, -0.05) is 17.7 Å². The van der Waals surface area contributed by atoms with Crippen LogP contribution in [-0.2, 0) is 20.7 Å². The van der Waals surface area contributed by atoms with Crippen LogP contribution in [0.3, 0.4) is 0 Å². The molecule has 3 aromatic rings. The molecule has 8 heteroatoms. The van der Waals surface area contributed by atoms with E-state index in [4.69, 9.17) is 16.3 Å². The Labute approximate surface area is 186 Å². The van der Waals surface area contributed by atoms with Crippen molar-refractivity contribution in [3.63, 3.8) is 0 Å². The number of carbonyl (C=O) groups is 2. The molecule has 0 bridgehead atoms. The van der Waals surface area contributed by atoms with Gasteiger partial charge < -0.3 is 15.4 Å². The zero-order valence-electron chi connectivity index (χ0n) is 18.0. The SMILES string of the molecule is COCC(=O)Nc1ccc(NC(=O)Cc2c(C)nn(-c3ccc(C)c(Cl)c3)c2C)cc1. The van der Waals surface area contributed by atoms with Gasteiger partial charge >= 0.3 is 0 Å². The fourth-order valence-corrected chi connectivity index (χ4v) is 3.40. The Kier molecular flexibility index (Phi) is 7.09. The number of methoxy groups -OCH3 is 1. The maximum absolute atomic E-state index is 12.6.